The maximum absolute atomic E-state index is 12.5. The van der Waals surface area contributed by atoms with Gasteiger partial charge in [-0.15, -0.1) is 0 Å². The number of piperidine rings is 1. The molecule has 7 heteroatoms. The first-order valence-corrected chi connectivity index (χ1v) is 9.45. The number of hydrogen-bond acceptors (Lipinski definition) is 5. The van der Waals surface area contributed by atoms with E-state index in [9.17, 15) is 4.79 Å². The van der Waals surface area contributed by atoms with Gasteiger partial charge in [0.15, 0.2) is 0 Å². The van der Waals surface area contributed by atoms with Crippen LogP contribution in [0, 0.1) is 0 Å². The first kappa shape index (κ1) is 16.9. The number of carbonyl (C=O) groups is 1. The zero-order chi connectivity index (χ0) is 17.9. The molecule has 2 saturated heterocycles. The van der Waals surface area contributed by atoms with Gasteiger partial charge in [0.2, 0.25) is 0 Å². The van der Waals surface area contributed by atoms with E-state index in [2.05, 4.69) is 31.2 Å². The van der Waals surface area contributed by atoms with E-state index in [1.165, 1.54) is 12.8 Å². The zero-order valence-corrected chi connectivity index (χ0v) is 15.3. The molecular weight excluding hydrogens is 328 g/mol. The van der Waals surface area contributed by atoms with Crippen LogP contribution in [0.2, 0.25) is 0 Å². The Bertz CT molecular complexity index is 767. The molecule has 2 aromatic rings. The Morgan fingerprint density at radius 1 is 1.12 bits per heavy atom. The van der Waals surface area contributed by atoms with Crippen LogP contribution in [0.1, 0.15) is 36.2 Å². The third-order valence-electron chi connectivity index (χ3n) is 5.33. The summed E-state index contributed by atoms with van der Waals surface area (Å²) in [5, 5.41) is 3.18. The smallest absolute Gasteiger partial charge is 0.268 e. The molecule has 7 nitrogen and oxygen atoms in total. The number of rotatable bonds is 4. The van der Waals surface area contributed by atoms with E-state index in [4.69, 9.17) is 0 Å². The van der Waals surface area contributed by atoms with Crippen LogP contribution in [0.4, 0.5) is 11.6 Å². The molecule has 4 heterocycles. The van der Waals surface area contributed by atoms with Gasteiger partial charge in [-0.3, -0.25) is 4.79 Å². The van der Waals surface area contributed by atoms with Gasteiger partial charge < -0.3 is 19.7 Å². The minimum Gasteiger partial charge on any atom is -0.356 e. The summed E-state index contributed by atoms with van der Waals surface area (Å²) >= 11 is 0. The summed E-state index contributed by atoms with van der Waals surface area (Å²) in [6.45, 7) is 3.90. The average molecular weight is 354 g/mol. The second-order valence-electron chi connectivity index (χ2n) is 7.19. The Labute approximate surface area is 154 Å². The number of anilines is 2. The Morgan fingerprint density at radius 2 is 1.85 bits per heavy atom. The number of carbonyl (C=O) groups excluding carboxylic acids is 1. The molecule has 2 aliphatic heterocycles. The van der Waals surface area contributed by atoms with Crippen LogP contribution in [0.25, 0.3) is 0 Å². The zero-order valence-electron chi connectivity index (χ0n) is 15.3. The maximum atomic E-state index is 12.5. The van der Waals surface area contributed by atoms with Crippen molar-refractivity contribution in [2.24, 2.45) is 7.05 Å². The SMILES string of the molecule is Cn1cccc1C(=O)NC1CCCN(c2cc(N3CCCC3)ncn2)C1. The molecule has 1 atom stereocenters. The van der Waals surface area contributed by atoms with Crippen molar-refractivity contribution in [2.75, 3.05) is 36.0 Å². The van der Waals surface area contributed by atoms with E-state index >= 15 is 0 Å². The summed E-state index contributed by atoms with van der Waals surface area (Å²) in [5.41, 5.74) is 0.695. The lowest BCUT2D eigenvalue weighted by atomic mass is 10.1. The van der Waals surface area contributed by atoms with Crippen molar-refractivity contribution in [1.82, 2.24) is 19.9 Å². The quantitative estimate of drug-likeness (QED) is 0.907. The van der Waals surface area contributed by atoms with E-state index in [1.807, 2.05) is 29.9 Å². The molecule has 0 radical (unpaired) electrons. The van der Waals surface area contributed by atoms with Gasteiger partial charge in [-0.05, 0) is 37.8 Å². The molecule has 1 N–H and O–H groups in total. The second-order valence-corrected chi connectivity index (χ2v) is 7.19. The van der Waals surface area contributed by atoms with E-state index in [0.717, 1.165) is 50.7 Å². The molecule has 1 unspecified atom stereocenters. The van der Waals surface area contributed by atoms with Crippen molar-refractivity contribution >= 4 is 17.5 Å². The van der Waals surface area contributed by atoms with Gasteiger partial charge in [-0.25, -0.2) is 9.97 Å². The number of nitrogens with one attached hydrogen (secondary N) is 1. The highest BCUT2D eigenvalue weighted by Gasteiger charge is 2.24. The highest BCUT2D eigenvalue weighted by molar-refractivity contribution is 5.92. The molecule has 0 bridgehead atoms. The standard InChI is InChI=1S/C19H26N6O/c1-23-8-5-7-16(23)19(26)22-15-6-4-11-25(13-15)18-12-17(20-14-21-18)24-9-2-3-10-24/h5,7-8,12,14-15H,2-4,6,9-11,13H2,1H3,(H,22,26). The van der Waals surface area contributed by atoms with Gasteiger partial charge in [0, 0.05) is 51.5 Å². The fraction of sp³-hybridized carbons (Fsp3) is 0.526. The monoisotopic (exact) mass is 354 g/mol. The fourth-order valence-corrected chi connectivity index (χ4v) is 3.89. The van der Waals surface area contributed by atoms with Crippen molar-refractivity contribution in [2.45, 2.75) is 31.7 Å². The predicted octanol–water partition coefficient (Wildman–Crippen LogP) is 1.81. The molecule has 26 heavy (non-hydrogen) atoms. The summed E-state index contributed by atoms with van der Waals surface area (Å²) in [7, 11) is 1.89. The average Bonchev–Trinajstić information content (AvgIpc) is 3.34. The Hall–Kier alpha value is -2.57. The molecule has 0 spiro atoms. The summed E-state index contributed by atoms with van der Waals surface area (Å²) in [4.78, 5) is 26.0. The second kappa shape index (κ2) is 7.35. The maximum Gasteiger partial charge on any atom is 0.268 e. The van der Waals surface area contributed by atoms with Crippen LogP contribution in [-0.2, 0) is 7.05 Å². The van der Waals surface area contributed by atoms with Crippen molar-refractivity contribution in [3.63, 3.8) is 0 Å². The van der Waals surface area contributed by atoms with Crippen LogP contribution < -0.4 is 15.1 Å². The Balaban J connectivity index is 1.43. The minimum absolute atomic E-state index is 0.00945. The van der Waals surface area contributed by atoms with Crippen LogP contribution in [0.15, 0.2) is 30.7 Å². The molecule has 0 aliphatic carbocycles. The van der Waals surface area contributed by atoms with Crippen molar-refractivity contribution in [3.8, 4) is 0 Å². The number of nitrogens with zero attached hydrogens (tertiary/aromatic N) is 5. The number of aryl methyl sites for hydroxylation is 1. The largest absolute Gasteiger partial charge is 0.356 e. The molecule has 1 amide bonds. The molecule has 2 fully saturated rings. The van der Waals surface area contributed by atoms with E-state index < -0.39 is 0 Å². The highest BCUT2D eigenvalue weighted by Crippen LogP contribution is 2.23. The lowest BCUT2D eigenvalue weighted by molar-refractivity contribution is 0.0925. The summed E-state index contributed by atoms with van der Waals surface area (Å²) in [6.07, 6.45) is 8.06. The summed E-state index contributed by atoms with van der Waals surface area (Å²) in [6, 6.07) is 5.97. The summed E-state index contributed by atoms with van der Waals surface area (Å²) in [5.74, 6) is 1.96. The van der Waals surface area contributed by atoms with Gasteiger partial charge in [0.1, 0.15) is 23.7 Å². The van der Waals surface area contributed by atoms with Crippen LogP contribution in [-0.4, -0.2) is 52.7 Å². The molecule has 2 aliphatic rings. The van der Waals surface area contributed by atoms with E-state index in [-0.39, 0.29) is 11.9 Å². The third-order valence-corrected chi connectivity index (χ3v) is 5.33. The minimum atomic E-state index is -0.00945. The lowest BCUT2D eigenvalue weighted by Crippen LogP contribution is -2.48. The topological polar surface area (TPSA) is 66.3 Å². The molecule has 2 aromatic heterocycles. The van der Waals surface area contributed by atoms with Crippen LogP contribution in [0.5, 0.6) is 0 Å². The molecule has 0 aromatic carbocycles. The lowest BCUT2D eigenvalue weighted by Gasteiger charge is -2.34. The van der Waals surface area contributed by atoms with Crippen molar-refractivity contribution in [3.05, 3.63) is 36.4 Å². The fourth-order valence-electron chi connectivity index (χ4n) is 3.89. The highest BCUT2D eigenvalue weighted by atomic mass is 16.2. The van der Waals surface area contributed by atoms with Gasteiger partial charge in [-0.1, -0.05) is 0 Å². The molecule has 4 rings (SSSR count). The van der Waals surface area contributed by atoms with E-state index in [1.54, 1.807) is 6.33 Å². The van der Waals surface area contributed by atoms with Gasteiger partial charge in [0.05, 0.1) is 0 Å². The predicted molar refractivity (Wildman–Crippen MR) is 102 cm³/mol. The van der Waals surface area contributed by atoms with Gasteiger partial charge in [0.25, 0.3) is 5.91 Å². The Kier molecular flexibility index (Phi) is 4.77. The normalized spacial score (nSPS) is 20.4. The molecular formula is C19H26N6O. The first-order chi connectivity index (χ1) is 12.7. The van der Waals surface area contributed by atoms with Crippen molar-refractivity contribution in [1.29, 1.82) is 0 Å². The molecule has 138 valence electrons. The molecule has 0 saturated carbocycles. The van der Waals surface area contributed by atoms with Crippen LogP contribution >= 0.6 is 0 Å². The first-order valence-electron chi connectivity index (χ1n) is 9.45. The number of aromatic nitrogens is 3. The third kappa shape index (κ3) is 3.52. The van der Waals surface area contributed by atoms with Crippen LogP contribution in [0.3, 0.4) is 0 Å². The van der Waals surface area contributed by atoms with Gasteiger partial charge in [-0.2, -0.15) is 0 Å². The van der Waals surface area contributed by atoms with Crippen molar-refractivity contribution < 1.29 is 4.79 Å². The summed E-state index contributed by atoms with van der Waals surface area (Å²) < 4.78 is 1.85. The van der Waals surface area contributed by atoms with Gasteiger partial charge >= 0.3 is 0 Å². The number of amides is 1. The van der Waals surface area contributed by atoms with E-state index in [0.29, 0.717) is 5.69 Å². The Morgan fingerprint density at radius 3 is 2.58 bits per heavy atom. The number of hydrogen-bond donors (Lipinski definition) is 1.